The highest BCUT2D eigenvalue weighted by molar-refractivity contribution is 5.98. The lowest BCUT2D eigenvalue weighted by atomic mass is 10.2. The Bertz CT molecular complexity index is 657. The Morgan fingerprint density at radius 2 is 2.05 bits per heavy atom. The number of carbonyl (C=O) groups excluding carboxylic acids is 1. The molecule has 1 amide bonds. The third-order valence-corrected chi connectivity index (χ3v) is 3.14. The molecule has 0 saturated heterocycles. The van der Waals surface area contributed by atoms with E-state index < -0.39 is 11.9 Å². The molecule has 2 aromatic rings. The molecule has 0 bridgehead atoms. The van der Waals surface area contributed by atoms with Crippen molar-refractivity contribution in [3.63, 3.8) is 0 Å². The van der Waals surface area contributed by atoms with Crippen LogP contribution in [0.25, 0.3) is 11.0 Å². The number of furan rings is 1. The minimum Gasteiger partial charge on any atom is -0.480 e. The van der Waals surface area contributed by atoms with Gasteiger partial charge in [0.05, 0.1) is 0 Å². The maximum atomic E-state index is 12.4. The molecule has 2 rings (SSSR count). The van der Waals surface area contributed by atoms with Crippen LogP contribution in [0.5, 0.6) is 0 Å². The Morgan fingerprint density at radius 1 is 1.35 bits per heavy atom. The Morgan fingerprint density at radius 3 is 2.60 bits per heavy atom. The summed E-state index contributed by atoms with van der Waals surface area (Å²) in [7, 11) is 0. The van der Waals surface area contributed by atoms with Crippen LogP contribution in [0.15, 0.2) is 28.7 Å². The predicted molar refractivity (Wildman–Crippen MR) is 74.8 cm³/mol. The van der Waals surface area contributed by atoms with E-state index in [0.717, 1.165) is 10.9 Å². The van der Waals surface area contributed by atoms with Crippen molar-refractivity contribution >= 4 is 22.8 Å². The van der Waals surface area contributed by atoms with Gasteiger partial charge in [-0.25, -0.2) is 0 Å². The van der Waals surface area contributed by atoms with Crippen molar-refractivity contribution in [2.75, 3.05) is 6.54 Å². The lowest BCUT2D eigenvalue weighted by Crippen LogP contribution is -2.40. The molecule has 0 fully saturated rings. The van der Waals surface area contributed by atoms with Crippen LogP contribution in [0.1, 0.15) is 30.0 Å². The number of benzene rings is 1. The van der Waals surface area contributed by atoms with Crippen molar-refractivity contribution in [2.24, 2.45) is 0 Å². The summed E-state index contributed by atoms with van der Waals surface area (Å²) in [6, 6.07) is 7.09. The summed E-state index contributed by atoms with van der Waals surface area (Å²) in [5.41, 5.74) is 1.60. The number of hydrogen-bond acceptors (Lipinski definition) is 3. The van der Waals surface area contributed by atoms with Gasteiger partial charge in [0.25, 0.3) is 5.91 Å². The Kier molecular flexibility index (Phi) is 3.79. The molecule has 1 heterocycles. The van der Waals surface area contributed by atoms with Gasteiger partial charge in [-0.15, -0.1) is 0 Å². The SMILES string of the molecule is Cc1cccc2cc(C(=O)N(CC(=O)O)C(C)C)oc12. The van der Waals surface area contributed by atoms with Gasteiger partial charge < -0.3 is 14.4 Å². The van der Waals surface area contributed by atoms with Gasteiger partial charge in [-0.3, -0.25) is 9.59 Å². The smallest absolute Gasteiger partial charge is 0.323 e. The summed E-state index contributed by atoms with van der Waals surface area (Å²) in [4.78, 5) is 24.5. The zero-order valence-corrected chi connectivity index (χ0v) is 11.7. The highest BCUT2D eigenvalue weighted by Crippen LogP contribution is 2.23. The first kappa shape index (κ1) is 14.1. The summed E-state index contributed by atoms with van der Waals surface area (Å²) in [5, 5.41) is 9.73. The van der Waals surface area contributed by atoms with E-state index in [1.807, 2.05) is 25.1 Å². The van der Waals surface area contributed by atoms with Crippen molar-refractivity contribution in [3.8, 4) is 0 Å². The Labute approximate surface area is 116 Å². The largest absolute Gasteiger partial charge is 0.480 e. The molecule has 0 radical (unpaired) electrons. The highest BCUT2D eigenvalue weighted by atomic mass is 16.4. The Balaban J connectivity index is 2.38. The lowest BCUT2D eigenvalue weighted by Gasteiger charge is -2.23. The first-order valence-electron chi connectivity index (χ1n) is 6.42. The number of fused-ring (bicyclic) bond motifs is 1. The molecule has 0 unspecified atom stereocenters. The molecule has 0 aliphatic heterocycles. The second kappa shape index (κ2) is 5.36. The van der Waals surface area contributed by atoms with Crippen molar-refractivity contribution in [1.29, 1.82) is 0 Å². The van der Waals surface area contributed by atoms with Gasteiger partial charge >= 0.3 is 5.97 Å². The number of aryl methyl sites for hydroxylation is 1. The van der Waals surface area contributed by atoms with Gasteiger partial charge in [0.2, 0.25) is 0 Å². The van der Waals surface area contributed by atoms with Crippen LogP contribution in [-0.2, 0) is 4.79 Å². The minimum absolute atomic E-state index is 0.171. The van der Waals surface area contributed by atoms with Crippen molar-refractivity contribution in [2.45, 2.75) is 26.8 Å². The zero-order chi connectivity index (χ0) is 14.9. The highest BCUT2D eigenvalue weighted by Gasteiger charge is 2.24. The number of amides is 1. The van der Waals surface area contributed by atoms with E-state index in [1.165, 1.54) is 4.90 Å². The molecule has 0 aliphatic carbocycles. The first-order valence-corrected chi connectivity index (χ1v) is 6.42. The molecule has 0 atom stereocenters. The summed E-state index contributed by atoms with van der Waals surface area (Å²) >= 11 is 0. The number of rotatable bonds is 4. The fourth-order valence-electron chi connectivity index (χ4n) is 2.09. The Hall–Kier alpha value is -2.30. The number of carboxylic acids is 1. The third-order valence-electron chi connectivity index (χ3n) is 3.14. The van der Waals surface area contributed by atoms with E-state index in [0.29, 0.717) is 5.58 Å². The van der Waals surface area contributed by atoms with Crippen LogP contribution < -0.4 is 0 Å². The van der Waals surface area contributed by atoms with Crippen molar-refractivity contribution in [1.82, 2.24) is 4.90 Å². The molecule has 1 aromatic heterocycles. The van der Waals surface area contributed by atoms with Gasteiger partial charge in [0.15, 0.2) is 5.76 Å². The first-order chi connectivity index (χ1) is 9.40. The van der Waals surface area contributed by atoms with Crippen molar-refractivity contribution in [3.05, 3.63) is 35.6 Å². The van der Waals surface area contributed by atoms with E-state index in [-0.39, 0.29) is 18.3 Å². The molecule has 1 N–H and O–H groups in total. The monoisotopic (exact) mass is 275 g/mol. The fraction of sp³-hybridized carbons (Fsp3) is 0.333. The average Bonchev–Trinajstić information content (AvgIpc) is 2.80. The van der Waals surface area contributed by atoms with Crippen LogP contribution in [0.3, 0.4) is 0 Å². The number of aliphatic carboxylic acids is 1. The molecule has 0 spiro atoms. The van der Waals surface area contributed by atoms with Gasteiger partial charge in [-0.05, 0) is 32.4 Å². The molecule has 106 valence electrons. The minimum atomic E-state index is -1.04. The van der Waals surface area contributed by atoms with E-state index in [1.54, 1.807) is 19.9 Å². The zero-order valence-electron chi connectivity index (χ0n) is 11.7. The number of nitrogens with zero attached hydrogens (tertiary/aromatic N) is 1. The second-order valence-corrected chi connectivity index (χ2v) is 5.02. The standard InChI is InChI=1S/C15H17NO4/c1-9(2)16(8-13(17)18)15(19)12-7-11-6-4-5-10(3)14(11)20-12/h4-7,9H,8H2,1-3H3,(H,17,18). The van der Waals surface area contributed by atoms with Crippen LogP contribution in [0.4, 0.5) is 0 Å². The molecular formula is C15H17NO4. The molecule has 1 aromatic carbocycles. The summed E-state index contributed by atoms with van der Waals surface area (Å²) in [6.07, 6.45) is 0. The van der Waals surface area contributed by atoms with Crippen LogP contribution >= 0.6 is 0 Å². The van der Waals surface area contributed by atoms with Gasteiger partial charge in [-0.1, -0.05) is 18.2 Å². The molecule has 0 saturated carbocycles. The van der Waals surface area contributed by atoms with Crippen LogP contribution in [0, 0.1) is 6.92 Å². The van der Waals surface area contributed by atoms with Gasteiger partial charge in [0, 0.05) is 11.4 Å². The summed E-state index contributed by atoms with van der Waals surface area (Å²) in [6.45, 7) is 5.10. The van der Waals surface area contributed by atoms with E-state index in [2.05, 4.69) is 0 Å². The van der Waals surface area contributed by atoms with Crippen LogP contribution in [0.2, 0.25) is 0 Å². The molecule has 20 heavy (non-hydrogen) atoms. The number of carbonyl (C=O) groups is 2. The van der Waals surface area contributed by atoms with Crippen molar-refractivity contribution < 1.29 is 19.1 Å². The average molecular weight is 275 g/mol. The maximum Gasteiger partial charge on any atom is 0.323 e. The molecule has 5 heteroatoms. The summed E-state index contributed by atoms with van der Waals surface area (Å²) < 4.78 is 5.59. The van der Waals surface area contributed by atoms with Gasteiger partial charge in [-0.2, -0.15) is 0 Å². The lowest BCUT2D eigenvalue weighted by molar-refractivity contribution is -0.138. The third kappa shape index (κ3) is 2.66. The molecule has 5 nitrogen and oxygen atoms in total. The number of para-hydroxylation sites is 1. The molecular weight excluding hydrogens is 258 g/mol. The topological polar surface area (TPSA) is 70.8 Å². The van der Waals surface area contributed by atoms with Crippen LogP contribution in [-0.4, -0.2) is 34.5 Å². The van der Waals surface area contributed by atoms with E-state index >= 15 is 0 Å². The maximum absolute atomic E-state index is 12.4. The second-order valence-electron chi connectivity index (χ2n) is 5.02. The summed E-state index contributed by atoms with van der Waals surface area (Å²) in [5.74, 6) is -1.28. The van der Waals surface area contributed by atoms with Gasteiger partial charge in [0.1, 0.15) is 12.1 Å². The fourth-order valence-corrected chi connectivity index (χ4v) is 2.09. The predicted octanol–water partition coefficient (Wildman–Crippen LogP) is 2.68. The normalized spacial score (nSPS) is 11.0. The van der Waals surface area contributed by atoms with E-state index in [9.17, 15) is 9.59 Å². The number of hydrogen-bond donors (Lipinski definition) is 1. The van der Waals surface area contributed by atoms with E-state index in [4.69, 9.17) is 9.52 Å². The molecule has 0 aliphatic rings. The quantitative estimate of drug-likeness (QED) is 0.931. The number of carboxylic acid groups (broad SMARTS) is 1.